The topological polar surface area (TPSA) is 76.7 Å². The molecule has 2 amide bonds. The van der Waals surface area contributed by atoms with E-state index in [0.29, 0.717) is 24.5 Å². The first-order chi connectivity index (χ1) is 14.5. The van der Waals surface area contributed by atoms with Gasteiger partial charge in [0.05, 0.1) is 13.2 Å². The summed E-state index contributed by atoms with van der Waals surface area (Å²) in [6.07, 6.45) is 5.28. The van der Waals surface area contributed by atoms with Crippen LogP contribution in [0.5, 0.6) is 11.5 Å². The number of methoxy groups -OCH3 is 1. The summed E-state index contributed by atoms with van der Waals surface area (Å²) in [6.45, 7) is 7.72. The van der Waals surface area contributed by atoms with Gasteiger partial charge in [-0.15, -0.1) is 0 Å². The Morgan fingerprint density at radius 1 is 1.13 bits per heavy atom. The smallest absolute Gasteiger partial charge is 0.244 e. The molecule has 0 aromatic heterocycles. The first-order valence-electron chi connectivity index (χ1n) is 9.77. The molecule has 0 radical (unpaired) electrons. The lowest BCUT2D eigenvalue weighted by atomic mass is 10.1. The van der Waals surface area contributed by atoms with E-state index in [0.717, 1.165) is 16.8 Å². The Balaban J connectivity index is 1.96. The Morgan fingerprint density at radius 3 is 2.50 bits per heavy atom. The molecule has 0 spiro atoms. The molecule has 0 saturated carbocycles. The van der Waals surface area contributed by atoms with Gasteiger partial charge in [0.2, 0.25) is 11.8 Å². The molecule has 30 heavy (non-hydrogen) atoms. The lowest BCUT2D eigenvalue weighted by molar-refractivity contribution is -0.117. The number of nitrogens with one attached hydrogen (secondary N) is 2. The summed E-state index contributed by atoms with van der Waals surface area (Å²) < 4.78 is 10.9. The third-order valence-electron chi connectivity index (χ3n) is 4.35. The van der Waals surface area contributed by atoms with Crippen LogP contribution in [0.4, 0.5) is 5.69 Å². The van der Waals surface area contributed by atoms with Crippen LogP contribution in [-0.4, -0.2) is 25.5 Å². The van der Waals surface area contributed by atoms with Crippen LogP contribution in [-0.2, 0) is 9.59 Å². The molecular weight excluding hydrogens is 380 g/mol. The number of hydrogen-bond acceptors (Lipinski definition) is 4. The van der Waals surface area contributed by atoms with Gasteiger partial charge in [0, 0.05) is 18.2 Å². The Morgan fingerprint density at radius 2 is 1.87 bits per heavy atom. The standard InChI is InChI=1S/C24H28N2O4/c1-5-15-30-21-13-7-18(16-22(21)29-4)8-14-24(28)25-17(3)19-9-11-20(12-10-19)26-23(27)6-2/h5,7-14,16-17H,1,6,15H2,2-4H3,(H,25,28)(H,26,27)/b14-8+. The van der Waals surface area contributed by atoms with E-state index in [9.17, 15) is 9.59 Å². The van der Waals surface area contributed by atoms with Crippen LogP contribution in [0.2, 0.25) is 0 Å². The number of carbonyl (C=O) groups excluding carboxylic acids is 2. The van der Waals surface area contributed by atoms with Gasteiger partial charge in [-0.2, -0.15) is 0 Å². The fraction of sp³-hybridized carbons (Fsp3) is 0.250. The van der Waals surface area contributed by atoms with Crippen molar-refractivity contribution < 1.29 is 19.1 Å². The maximum Gasteiger partial charge on any atom is 0.244 e. The van der Waals surface area contributed by atoms with Crippen molar-refractivity contribution in [3.8, 4) is 11.5 Å². The second-order valence-corrected chi connectivity index (χ2v) is 6.60. The molecular formula is C24H28N2O4. The van der Waals surface area contributed by atoms with Crippen LogP contribution in [0.25, 0.3) is 6.08 Å². The van der Waals surface area contributed by atoms with E-state index in [1.54, 1.807) is 38.3 Å². The van der Waals surface area contributed by atoms with E-state index in [1.807, 2.05) is 37.3 Å². The zero-order chi connectivity index (χ0) is 21.9. The first kappa shape index (κ1) is 22.7. The van der Waals surface area contributed by atoms with E-state index in [1.165, 1.54) is 6.08 Å². The molecule has 0 bridgehead atoms. The summed E-state index contributed by atoms with van der Waals surface area (Å²) in [5.41, 5.74) is 2.49. The fourth-order valence-electron chi connectivity index (χ4n) is 2.68. The van der Waals surface area contributed by atoms with Crippen molar-refractivity contribution in [1.82, 2.24) is 5.32 Å². The second kappa shape index (κ2) is 11.5. The molecule has 0 fully saturated rings. The average Bonchev–Trinajstić information content (AvgIpc) is 2.76. The molecule has 2 aromatic rings. The van der Waals surface area contributed by atoms with E-state index >= 15 is 0 Å². The highest BCUT2D eigenvalue weighted by Gasteiger charge is 2.09. The second-order valence-electron chi connectivity index (χ2n) is 6.60. The highest BCUT2D eigenvalue weighted by molar-refractivity contribution is 5.92. The number of anilines is 1. The minimum Gasteiger partial charge on any atom is -0.493 e. The Hall–Kier alpha value is -3.54. The molecule has 0 saturated heterocycles. The minimum absolute atomic E-state index is 0.0360. The number of amides is 2. The SMILES string of the molecule is C=CCOc1ccc(/C=C/C(=O)NC(C)c2ccc(NC(=O)CC)cc2)cc1OC. The Labute approximate surface area is 177 Å². The van der Waals surface area contributed by atoms with Crippen molar-refractivity contribution in [2.45, 2.75) is 26.3 Å². The molecule has 2 aromatic carbocycles. The van der Waals surface area contributed by atoms with Gasteiger partial charge in [0.1, 0.15) is 6.61 Å². The minimum atomic E-state index is -0.211. The van der Waals surface area contributed by atoms with Crippen LogP contribution in [0, 0.1) is 0 Å². The lowest BCUT2D eigenvalue weighted by Gasteiger charge is -2.14. The molecule has 2 N–H and O–H groups in total. The van der Waals surface area contributed by atoms with Gasteiger partial charge in [0.15, 0.2) is 11.5 Å². The van der Waals surface area contributed by atoms with Crippen LogP contribution in [0.1, 0.15) is 37.4 Å². The summed E-state index contributed by atoms with van der Waals surface area (Å²) in [6, 6.07) is 12.7. The van der Waals surface area contributed by atoms with Crippen molar-refractivity contribution in [3.05, 3.63) is 72.3 Å². The van der Waals surface area contributed by atoms with Crippen molar-refractivity contribution in [2.75, 3.05) is 19.0 Å². The number of carbonyl (C=O) groups is 2. The predicted octanol–water partition coefficient (Wildman–Crippen LogP) is 4.50. The summed E-state index contributed by atoms with van der Waals surface area (Å²) >= 11 is 0. The lowest BCUT2D eigenvalue weighted by Crippen LogP contribution is -2.24. The highest BCUT2D eigenvalue weighted by Crippen LogP contribution is 2.28. The molecule has 0 aliphatic rings. The van der Waals surface area contributed by atoms with Gasteiger partial charge in [-0.1, -0.05) is 37.8 Å². The molecule has 0 heterocycles. The first-order valence-corrected chi connectivity index (χ1v) is 9.77. The van der Waals surface area contributed by atoms with Gasteiger partial charge < -0.3 is 20.1 Å². The van der Waals surface area contributed by atoms with Crippen LogP contribution < -0.4 is 20.1 Å². The van der Waals surface area contributed by atoms with Crippen molar-refractivity contribution >= 4 is 23.6 Å². The number of ether oxygens (including phenoxy) is 2. The van der Waals surface area contributed by atoms with Crippen LogP contribution in [0.15, 0.2) is 61.2 Å². The normalized spacial score (nSPS) is 11.6. The maximum atomic E-state index is 12.3. The summed E-state index contributed by atoms with van der Waals surface area (Å²) in [5, 5.41) is 5.73. The molecule has 1 unspecified atom stereocenters. The summed E-state index contributed by atoms with van der Waals surface area (Å²) in [5.74, 6) is 0.956. The van der Waals surface area contributed by atoms with Crippen LogP contribution in [0.3, 0.4) is 0 Å². The zero-order valence-corrected chi connectivity index (χ0v) is 17.6. The quantitative estimate of drug-likeness (QED) is 0.448. The molecule has 2 rings (SSSR count). The van der Waals surface area contributed by atoms with Crippen molar-refractivity contribution in [2.24, 2.45) is 0 Å². The third-order valence-corrected chi connectivity index (χ3v) is 4.35. The third kappa shape index (κ3) is 6.81. The summed E-state index contributed by atoms with van der Waals surface area (Å²) in [7, 11) is 1.57. The van der Waals surface area contributed by atoms with Gasteiger partial charge in [0.25, 0.3) is 0 Å². The van der Waals surface area contributed by atoms with Gasteiger partial charge in [-0.05, 0) is 48.4 Å². The summed E-state index contributed by atoms with van der Waals surface area (Å²) in [4.78, 5) is 23.7. The highest BCUT2D eigenvalue weighted by atomic mass is 16.5. The number of benzene rings is 2. The van der Waals surface area contributed by atoms with Crippen molar-refractivity contribution in [3.63, 3.8) is 0 Å². The molecule has 0 aliphatic heterocycles. The van der Waals surface area contributed by atoms with Crippen LogP contribution >= 0.6 is 0 Å². The molecule has 0 aliphatic carbocycles. The largest absolute Gasteiger partial charge is 0.493 e. The average molecular weight is 408 g/mol. The Bertz CT molecular complexity index is 904. The molecule has 6 nitrogen and oxygen atoms in total. The molecule has 6 heteroatoms. The fourth-order valence-corrected chi connectivity index (χ4v) is 2.68. The maximum absolute atomic E-state index is 12.3. The van der Waals surface area contributed by atoms with E-state index in [2.05, 4.69) is 17.2 Å². The van der Waals surface area contributed by atoms with Gasteiger partial charge >= 0.3 is 0 Å². The molecule has 1 atom stereocenters. The number of rotatable bonds is 10. The van der Waals surface area contributed by atoms with E-state index < -0.39 is 0 Å². The molecule has 158 valence electrons. The number of hydrogen-bond donors (Lipinski definition) is 2. The van der Waals surface area contributed by atoms with E-state index in [4.69, 9.17) is 9.47 Å². The zero-order valence-electron chi connectivity index (χ0n) is 17.6. The predicted molar refractivity (Wildman–Crippen MR) is 120 cm³/mol. The Kier molecular flexibility index (Phi) is 8.69. The van der Waals surface area contributed by atoms with Gasteiger partial charge in [-0.25, -0.2) is 0 Å². The van der Waals surface area contributed by atoms with Crippen molar-refractivity contribution in [1.29, 1.82) is 0 Å². The van der Waals surface area contributed by atoms with E-state index in [-0.39, 0.29) is 17.9 Å². The van der Waals surface area contributed by atoms with Gasteiger partial charge in [-0.3, -0.25) is 9.59 Å². The monoisotopic (exact) mass is 408 g/mol.